The SMILES string of the molecule is O=C1CCc2cc(OCCNc3cc4ccccc4c(Cl)n3)ccc2N1. The van der Waals surface area contributed by atoms with Crippen molar-refractivity contribution in [1.82, 2.24) is 4.98 Å². The first-order valence-corrected chi connectivity index (χ1v) is 8.91. The molecule has 1 aliphatic heterocycles. The molecule has 0 unspecified atom stereocenters. The second kappa shape index (κ2) is 7.22. The maximum absolute atomic E-state index is 11.4. The zero-order valence-corrected chi connectivity index (χ0v) is 14.8. The van der Waals surface area contributed by atoms with Crippen molar-refractivity contribution < 1.29 is 9.53 Å². The summed E-state index contributed by atoms with van der Waals surface area (Å²) in [4.78, 5) is 15.8. The van der Waals surface area contributed by atoms with E-state index in [1.54, 1.807) is 0 Å². The van der Waals surface area contributed by atoms with Crippen molar-refractivity contribution in [3.63, 3.8) is 0 Å². The van der Waals surface area contributed by atoms with E-state index >= 15 is 0 Å². The van der Waals surface area contributed by atoms with Crippen LogP contribution < -0.4 is 15.4 Å². The fourth-order valence-corrected chi connectivity index (χ4v) is 3.31. The average molecular weight is 368 g/mol. The number of anilines is 2. The van der Waals surface area contributed by atoms with Crippen molar-refractivity contribution >= 4 is 39.8 Å². The maximum Gasteiger partial charge on any atom is 0.224 e. The van der Waals surface area contributed by atoms with Crippen molar-refractivity contribution in [3.8, 4) is 5.75 Å². The molecule has 1 aliphatic rings. The summed E-state index contributed by atoms with van der Waals surface area (Å²) < 4.78 is 5.80. The number of pyridine rings is 1. The van der Waals surface area contributed by atoms with Crippen LogP contribution in [0.15, 0.2) is 48.5 Å². The second-order valence-electron chi connectivity index (χ2n) is 6.16. The molecule has 0 fully saturated rings. The van der Waals surface area contributed by atoms with Gasteiger partial charge in [0.2, 0.25) is 5.91 Å². The number of aryl methyl sites for hydroxylation is 1. The summed E-state index contributed by atoms with van der Waals surface area (Å²) in [5, 5.41) is 8.59. The molecule has 132 valence electrons. The summed E-state index contributed by atoms with van der Waals surface area (Å²) in [6, 6.07) is 15.6. The monoisotopic (exact) mass is 367 g/mol. The van der Waals surface area contributed by atoms with Gasteiger partial charge in [-0.25, -0.2) is 4.98 Å². The number of aromatic nitrogens is 1. The van der Waals surface area contributed by atoms with E-state index in [4.69, 9.17) is 16.3 Å². The fourth-order valence-electron chi connectivity index (χ4n) is 3.04. The topological polar surface area (TPSA) is 63.2 Å². The van der Waals surface area contributed by atoms with Crippen molar-refractivity contribution in [3.05, 3.63) is 59.2 Å². The molecule has 6 heteroatoms. The molecule has 0 bridgehead atoms. The minimum absolute atomic E-state index is 0.0666. The second-order valence-corrected chi connectivity index (χ2v) is 6.52. The Labute approximate surface area is 156 Å². The number of carbonyl (C=O) groups excluding carboxylic acids is 1. The predicted molar refractivity (Wildman–Crippen MR) is 104 cm³/mol. The van der Waals surface area contributed by atoms with Crippen LogP contribution >= 0.6 is 11.6 Å². The quantitative estimate of drug-likeness (QED) is 0.522. The van der Waals surface area contributed by atoms with E-state index in [2.05, 4.69) is 15.6 Å². The normalized spacial score (nSPS) is 13.2. The molecule has 0 atom stereocenters. The van der Waals surface area contributed by atoms with Crippen molar-refractivity contribution in [1.29, 1.82) is 0 Å². The van der Waals surface area contributed by atoms with Crippen LogP contribution in [-0.2, 0) is 11.2 Å². The highest BCUT2D eigenvalue weighted by atomic mass is 35.5. The Bertz CT molecular complexity index is 974. The Morgan fingerprint density at radius 1 is 1.15 bits per heavy atom. The number of carbonyl (C=O) groups is 1. The molecule has 5 nitrogen and oxygen atoms in total. The molecule has 2 aromatic carbocycles. The Kier molecular flexibility index (Phi) is 4.63. The highest BCUT2D eigenvalue weighted by Gasteiger charge is 2.14. The van der Waals surface area contributed by atoms with Gasteiger partial charge in [0.25, 0.3) is 0 Å². The van der Waals surface area contributed by atoms with E-state index in [1.165, 1.54) is 0 Å². The molecule has 1 amide bonds. The van der Waals surface area contributed by atoms with Crippen LogP contribution in [0.3, 0.4) is 0 Å². The molecular weight excluding hydrogens is 350 g/mol. The first-order valence-electron chi connectivity index (χ1n) is 8.54. The number of nitrogens with one attached hydrogen (secondary N) is 2. The van der Waals surface area contributed by atoms with Crippen molar-refractivity contribution in [2.24, 2.45) is 0 Å². The Morgan fingerprint density at radius 3 is 2.96 bits per heavy atom. The third kappa shape index (κ3) is 3.58. The smallest absolute Gasteiger partial charge is 0.224 e. The molecule has 2 heterocycles. The Hall–Kier alpha value is -2.79. The largest absolute Gasteiger partial charge is 0.492 e. The molecule has 0 saturated heterocycles. The summed E-state index contributed by atoms with van der Waals surface area (Å²) in [5.41, 5.74) is 1.99. The number of fused-ring (bicyclic) bond motifs is 2. The van der Waals surface area contributed by atoms with Crippen molar-refractivity contribution in [2.75, 3.05) is 23.8 Å². The van der Waals surface area contributed by atoms with Gasteiger partial charge in [-0.15, -0.1) is 0 Å². The number of nitrogens with zero attached hydrogens (tertiary/aromatic N) is 1. The van der Waals surface area contributed by atoms with Gasteiger partial charge < -0.3 is 15.4 Å². The predicted octanol–water partition coefficient (Wildman–Crippen LogP) is 4.26. The van der Waals surface area contributed by atoms with Gasteiger partial charge in [0.05, 0.1) is 6.54 Å². The van der Waals surface area contributed by atoms with E-state index in [1.807, 2.05) is 48.5 Å². The number of halogens is 1. The lowest BCUT2D eigenvalue weighted by Crippen LogP contribution is -2.19. The summed E-state index contributed by atoms with van der Waals surface area (Å²) in [6.07, 6.45) is 1.27. The molecule has 26 heavy (non-hydrogen) atoms. The summed E-state index contributed by atoms with van der Waals surface area (Å²) in [5.74, 6) is 1.59. The summed E-state index contributed by atoms with van der Waals surface area (Å²) in [6.45, 7) is 1.10. The molecule has 0 radical (unpaired) electrons. The lowest BCUT2D eigenvalue weighted by atomic mass is 10.0. The van der Waals surface area contributed by atoms with Gasteiger partial charge in [0, 0.05) is 17.5 Å². The number of rotatable bonds is 5. The van der Waals surface area contributed by atoms with Gasteiger partial charge in [-0.2, -0.15) is 0 Å². The van der Waals surface area contributed by atoms with Gasteiger partial charge in [-0.3, -0.25) is 4.79 Å². The lowest BCUT2D eigenvalue weighted by molar-refractivity contribution is -0.116. The third-order valence-electron chi connectivity index (χ3n) is 4.34. The maximum atomic E-state index is 11.4. The Morgan fingerprint density at radius 2 is 2.04 bits per heavy atom. The van der Waals surface area contributed by atoms with Crippen LogP contribution in [0.4, 0.5) is 11.5 Å². The van der Waals surface area contributed by atoms with Gasteiger partial charge in [0.1, 0.15) is 23.3 Å². The van der Waals surface area contributed by atoms with Crippen LogP contribution in [0.25, 0.3) is 10.8 Å². The number of hydrogen-bond acceptors (Lipinski definition) is 4. The highest BCUT2D eigenvalue weighted by Crippen LogP contribution is 2.27. The molecule has 3 aromatic rings. The van der Waals surface area contributed by atoms with Gasteiger partial charge in [-0.05, 0) is 41.6 Å². The Balaban J connectivity index is 1.35. The van der Waals surface area contributed by atoms with Crippen LogP contribution in [0.1, 0.15) is 12.0 Å². The van der Waals surface area contributed by atoms with Gasteiger partial charge >= 0.3 is 0 Å². The number of amides is 1. The number of hydrogen-bond donors (Lipinski definition) is 2. The summed E-state index contributed by atoms with van der Waals surface area (Å²) in [7, 11) is 0. The minimum Gasteiger partial charge on any atom is -0.492 e. The molecule has 1 aromatic heterocycles. The number of ether oxygens (including phenoxy) is 1. The first-order chi connectivity index (χ1) is 12.7. The zero-order chi connectivity index (χ0) is 17.9. The van der Waals surface area contributed by atoms with E-state index in [-0.39, 0.29) is 5.91 Å². The highest BCUT2D eigenvalue weighted by molar-refractivity contribution is 6.34. The minimum atomic E-state index is 0.0666. The van der Waals surface area contributed by atoms with Crippen LogP contribution in [0.5, 0.6) is 5.75 Å². The van der Waals surface area contributed by atoms with E-state index in [9.17, 15) is 4.79 Å². The summed E-state index contributed by atoms with van der Waals surface area (Å²) >= 11 is 6.24. The number of benzene rings is 2. The standard InChI is InChI=1S/C20H18ClN3O2/c21-20-16-4-2-1-3-13(16)12-18(24-20)22-9-10-26-15-6-7-17-14(11-15)5-8-19(25)23-17/h1-4,6-7,11-12H,5,8-10H2,(H,22,24)(H,23,25). The fraction of sp³-hybridized carbons (Fsp3) is 0.200. The first kappa shape index (κ1) is 16.7. The van der Waals surface area contributed by atoms with Gasteiger partial charge in [0.15, 0.2) is 0 Å². The van der Waals surface area contributed by atoms with Crippen LogP contribution in [0, 0.1) is 0 Å². The van der Waals surface area contributed by atoms with Crippen LogP contribution in [0.2, 0.25) is 5.15 Å². The zero-order valence-electron chi connectivity index (χ0n) is 14.1. The third-order valence-corrected chi connectivity index (χ3v) is 4.63. The van der Waals surface area contributed by atoms with E-state index in [0.29, 0.717) is 24.7 Å². The molecule has 0 spiro atoms. The van der Waals surface area contributed by atoms with Gasteiger partial charge in [-0.1, -0.05) is 35.9 Å². The average Bonchev–Trinajstić information content (AvgIpc) is 2.65. The molecule has 0 saturated carbocycles. The van der Waals surface area contributed by atoms with E-state index in [0.717, 1.165) is 40.0 Å². The molecule has 2 N–H and O–H groups in total. The van der Waals surface area contributed by atoms with Crippen molar-refractivity contribution in [2.45, 2.75) is 12.8 Å². The molecular formula is C20H18ClN3O2. The lowest BCUT2D eigenvalue weighted by Gasteiger charge is -2.17. The van der Waals surface area contributed by atoms with Crippen LogP contribution in [-0.4, -0.2) is 24.0 Å². The molecule has 0 aliphatic carbocycles. The molecule has 4 rings (SSSR count). The van der Waals surface area contributed by atoms with E-state index < -0.39 is 0 Å².